The Morgan fingerprint density at radius 2 is 1.72 bits per heavy atom. The highest BCUT2D eigenvalue weighted by Crippen LogP contribution is 2.18. The molecule has 102 valence electrons. The molecule has 1 aromatic rings. The van der Waals surface area contributed by atoms with Crippen LogP contribution in [-0.4, -0.2) is 6.54 Å². The first-order valence-electron chi connectivity index (χ1n) is 7.58. The monoisotopic (exact) mass is 247 g/mol. The third kappa shape index (κ3) is 6.09. The van der Waals surface area contributed by atoms with Gasteiger partial charge in [-0.3, -0.25) is 0 Å². The van der Waals surface area contributed by atoms with Gasteiger partial charge in [0.1, 0.15) is 0 Å². The summed E-state index contributed by atoms with van der Waals surface area (Å²) in [6.07, 6.45) is 8.16. The average molecular weight is 247 g/mol. The lowest BCUT2D eigenvalue weighted by Gasteiger charge is -2.10. The van der Waals surface area contributed by atoms with Gasteiger partial charge in [-0.15, -0.1) is 0 Å². The van der Waals surface area contributed by atoms with E-state index in [-0.39, 0.29) is 0 Å². The second-order valence-corrected chi connectivity index (χ2v) is 5.47. The second-order valence-electron chi connectivity index (χ2n) is 5.47. The zero-order valence-electron chi connectivity index (χ0n) is 12.3. The standard InChI is InChI=1S/C17H29N/c1-4-5-6-7-8-9-13-18-17-12-10-11-16(14-17)15(2)3/h10-12,14-15,18H,4-9,13H2,1-3H3. The molecule has 18 heavy (non-hydrogen) atoms. The fourth-order valence-electron chi connectivity index (χ4n) is 2.15. The third-order valence-corrected chi connectivity index (χ3v) is 3.41. The van der Waals surface area contributed by atoms with Gasteiger partial charge < -0.3 is 5.32 Å². The summed E-state index contributed by atoms with van der Waals surface area (Å²) in [6.45, 7) is 7.86. The van der Waals surface area contributed by atoms with E-state index in [0.29, 0.717) is 5.92 Å². The summed E-state index contributed by atoms with van der Waals surface area (Å²) in [6, 6.07) is 8.81. The molecule has 0 heterocycles. The van der Waals surface area contributed by atoms with E-state index in [9.17, 15) is 0 Å². The van der Waals surface area contributed by atoms with Gasteiger partial charge in [0.05, 0.1) is 0 Å². The predicted octanol–water partition coefficient (Wildman–Crippen LogP) is 5.58. The number of rotatable bonds is 9. The van der Waals surface area contributed by atoms with E-state index in [1.54, 1.807) is 0 Å². The molecule has 1 aromatic carbocycles. The Morgan fingerprint density at radius 1 is 1.00 bits per heavy atom. The van der Waals surface area contributed by atoms with E-state index in [1.807, 2.05) is 0 Å². The van der Waals surface area contributed by atoms with E-state index in [2.05, 4.69) is 50.4 Å². The fourth-order valence-corrected chi connectivity index (χ4v) is 2.15. The van der Waals surface area contributed by atoms with Gasteiger partial charge in [0.15, 0.2) is 0 Å². The first-order chi connectivity index (χ1) is 8.74. The molecule has 0 radical (unpaired) electrons. The topological polar surface area (TPSA) is 12.0 Å². The van der Waals surface area contributed by atoms with E-state index in [1.165, 1.54) is 49.8 Å². The van der Waals surface area contributed by atoms with Crippen LogP contribution >= 0.6 is 0 Å². The molecular weight excluding hydrogens is 218 g/mol. The summed E-state index contributed by atoms with van der Waals surface area (Å²) < 4.78 is 0. The Hall–Kier alpha value is -0.980. The maximum absolute atomic E-state index is 3.53. The fraction of sp³-hybridized carbons (Fsp3) is 0.647. The van der Waals surface area contributed by atoms with Crippen molar-refractivity contribution < 1.29 is 0 Å². The minimum atomic E-state index is 0.612. The van der Waals surface area contributed by atoms with Gasteiger partial charge in [-0.05, 0) is 30.0 Å². The maximum Gasteiger partial charge on any atom is 0.0343 e. The van der Waals surface area contributed by atoms with Gasteiger partial charge in [0.2, 0.25) is 0 Å². The Balaban J connectivity index is 2.17. The van der Waals surface area contributed by atoms with Gasteiger partial charge in [0, 0.05) is 12.2 Å². The van der Waals surface area contributed by atoms with Crippen molar-refractivity contribution in [3.8, 4) is 0 Å². The molecule has 1 rings (SSSR count). The zero-order chi connectivity index (χ0) is 13.2. The van der Waals surface area contributed by atoms with Gasteiger partial charge in [-0.25, -0.2) is 0 Å². The molecule has 0 bridgehead atoms. The lowest BCUT2D eigenvalue weighted by molar-refractivity contribution is 0.617. The Kier molecular flexibility index (Phi) is 7.55. The van der Waals surface area contributed by atoms with Crippen molar-refractivity contribution in [3.63, 3.8) is 0 Å². The van der Waals surface area contributed by atoms with Crippen molar-refractivity contribution in [1.82, 2.24) is 0 Å². The Labute approximate surface area is 113 Å². The quantitative estimate of drug-likeness (QED) is 0.561. The van der Waals surface area contributed by atoms with Crippen LogP contribution in [0.5, 0.6) is 0 Å². The minimum Gasteiger partial charge on any atom is -0.385 e. The summed E-state index contributed by atoms with van der Waals surface area (Å²) in [5.74, 6) is 0.612. The zero-order valence-corrected chi connectivity index (χ0v) is 12.3. The highest BCUT2D eigenvalue weighted by Gasteiger charge is 1.99. The maximum atomic E-state index is 3.53. The molecule has 0 aliphatic heterocycles. The number of hydrogen-bond donors (Lipinski definition) is 1. The third-order valence-electron chi connectivity index (χ3n) is 3.41. The molecule has 0 saturated carbocycles. The molecule has 0 fully saturated rings. The molecule has 1 N–H and O–H groups in total. The SMILES string of the molecule is CCCCCCCCNc1cccc(C(C)C)c1. The molecule has 0 unspecified atom stereocenters. The summed E-state index contributed by atoms with van der Waals surface area (Å²) >= 11 is 0. The minimum absolute atomic E-state index is 0.612. The molecule has 0 atom stereocenters. The van der Waals surface area contributed by atoms with Crippen LogP contribution in [0.25, 0.3) is 0 Å². The molecule has 0 saturated heterocycles. The van der Waals surface area contributed by atoms with Crippen LogP contribution in [0.15, 0.2) is 24.3 Å². The first-order valence-corrected chi connectivity index (χ1v) is 7.58. The van der Waals surface area contributed by atoms with E-state index < -0.39 is 0 Å². The van der Waals surface area contributed by atoms with Gasteiger partial charge in [-0.1, -0.05) is 65.0 Å². The van der Waals surface area contributed by atoms with Crippen molar-refractivity contribution in [1.29, 1.82) is 0 Å². The van der Waals surface area contributed by atoms with E-state index in [4.69, 9.17) is 0 Å². The van der Waals surface area contributed by atoms with Crippen LogP contribution in [0.1, 0.15) is 70.8 Å². The van der Waals surface area contributed by atoms with Crippen LogP contribution in [0.3, 0.4) is 0 Å². The Morgan fingerprint density at radius 3 is 2.44 bits per heavy atom. The van der Waals surface area contributed by atoms with E-state index in [0.717, 1.165) is 6.54 Å². The molecule has 1 nitrogen and oxygen atoms in total. The van der Waals surface area contributed by atoms with Gasteiger partial charge in [-0.2, -0.15) is 0 Å². The molecule has 0 amide bonds. The smallest absolute Gasteiger partial charge is 0.0343 e. The van der Waals surface area contributed by atoms with Crippen molar-refractivity contribution in [2.45, 2.75) is 65.2 Å². The molecule has 1 heteroatoms. The summed E-state index contributed by atoms with van der Waals surface area (Å²) in [5.41, 5.74) is 2.69. The lowest BCUT2D eigenvalue weighted by Crippen LogP contribution is -2.02. The predicted molar refractivity (Wildman–Crippen MR) is 82.4 cm³/mol. The van der Waals surface area contributed by atoms with Crippen LogP contribution in [0.2, 0.25) is 0 Å². The number of unbranched alkanes of at least 4 members (excludes halogenated alkanes) is 5. The second kappa shape index (κ2) is 9.02. The lowest BCUT2D eigenvalue weighted by atomic mass is 10.0. The van der Waals surface area contributed by atoms with Crippen molar-refractivity contribution >= 4 is 5.69 Å². The normalized spacial score (nSPS) is 10.9. The van der Waals surface area contributed by atoms with Crippen molar-refractivity contribution in [2.75, 3.05) is 11.9 Å². The molecule has 0 aliphatic carbocycles. The average Bonchev–Trinajstić information content (AvgIpc) is 2.38. The highest BCUT2D eigenvalue weighted by molar-refractivity contribution is 5.46. The van der Waals surface area contributed by atoms with Crippen molar-refractivity contribution in [3.05, 3.63) is 29.8 Å². The highest BCUT2D eigenvalue weighted by atomic mass is 14.9. The molecule has 0 aromatic heterocycles. The molecule has 0 spiro atoms. The van der Waals surface area contributed by atoms with Crippen LogP contribution in [0.4, 0.5) is 5.69 Å². The summed E-state index contributed by atoms with van der Waals surface area (Å²) in [4.78, 5) is 0. The number of benzene rings is 1. The van der Waals surface area contributed by atoms with Crippen LogP contribution < -0.4 is 5.32 Å². The van der Waals surface area contributed by atoms with Gasteiger partial charge >= 0.3 is 0 Å². The largest absolute Gasteiger partial charge is 0.385 e. The summed E-state index contributed by atoms with van der Waals surface area (Å²) in [5, 5.41) is 3.53. The molecule has 0 aliphatic rings. The van der Waals surface area contributed by atoms with Crippen LogP contribution in [-0.2, 0) is 0 Å². The van der Waals surface area contributed by atoms with E-state index >= 15 is 0 Å². The first kappa shape index (κ1) is 15.1. The number of hydrogen-bond acceptors (Lipinski definition) is 1. The number of anilines is 1. The van der Waals surface area contributed by atoms with Gasteiger partial charge in [0.25, 0.3) is 0 Å². The number of nitrogens with one attached hydrogen (secondary N) is 1. The molecular formula is C17H29N. The van der Waals surface area contributed by atoms with Crippen molar-refractivity contribution in [2.24, 2.45) is 0 Å². The Bertz CT molecular complexity index is 317. The summed E-state index contributed by atoms with van der Waals surface area (Å²) in [7, 11) is 0. The van der Waals surface area contributed by atoms with Crippen LogP contribution in [0, 0.1) is 0 Å².